The fraction of sp³-hybridized carbons (Fsp3) is 0.192. The van der Waals surface area contributed by atoms with Gasteiger partial charge >= 0.3 is 6.01 Å². The van der Waals surface area contributed by atoms with Crippen LogP contribution in [0.25, 0.3) is 17.1 Å². The number of ether oxygens (including phenoxy) is 3. The minimum absolute atomic E-state index is 0.0310. The summed E-state index contributed by atoms with van der Waals surface area (Å²) in [5.74, 6) is 0.705. The molecule has 1 amide bonds. The van der Waals surface area contributed by atoms with Gasteiger partial charge in [-0.25, -0.2) is 9.07 Å². The lowest BCUT2D eigenvalue weighted by atomic mass is 10.1. The first kappa shape index (κ1) is 23.9. The Balaban J connectivity index is 1.54. The first-order chi connectivity index (χ1) is 17.1. The molecule has 8 nitrogen and oxygen atoms in total. The molecule has 0 saturated heterocycles. The summed E-state index contributed by atoms with van der Waals surface area (Å²) < 4.78 is 31.0. The van der Waals surface area contributed by atoms with Crippen LogP contribution in [0.15, 0.2) is 72.8 Å². The SMILES string of the molecule is COCC(=O)Nc1ccc(-n2nc(OCCc3ccc(OC)cc3)nc2-c2ccc(F)cc2)cc1. The maximum atomic E-state index is 13.5. The van der Waals surface area contributed by atoms with Crippen molar-refractivity contribution in [1.29, 1.82) is 0 Å². The lowest BCUT2D eigenvalue weighted by Gasteiger charge is -2.08. The molecule has 1 aromatic heterocycles. The number of aromatic nitrogens is 3. The van der Waals surface area contributed by atoms with Gasteiger partial charge in [0.15, 0.2) is 5.82 Å². The molecule has 0 radical (unpaired) electrons. The minimum Gasteiger partial charge on any atom is -0.497 e. The Morgan fingerprint density at radius 3 is 2.34 bits per heavy atom. The smallest absolute Gasteiger partial charge is 0.336 e. The van der Waals surface area contributed by atoms with Crippen molar-refractivity contribution >= 4 is 11.6 Å². The second-order valence-corrected chi connectivity index (χ2v) is 7.61. The van der Waals surface area contributed by atoms with Gasteiger partial charge in [0.05, 0.1) is 19.4 Å². The van der Waals surface area contributed by atoms with Crippen molar-refractivity contribution in [3.8, 4) is 28.8 Å². The summed E-state index contributed by atoms with van der Waals surface area (Å²) in [6.45, 7) is 0.348. The first-order valence-electron chi connectivity index (χ1n) is 10.9. The normalized spacial score (nSPS) is 10.7. The van der Waals surface area contributed by atoms with E-state index < -0.39 is 0 Å². The van der Waals surface area contributed by atoms with Crippen LogP contribution in [0.3, 0.4) is 0 Å². The number of amides is 1. The van der Waals surface area contributed by atoms with Gasteiger partial charge in [-0.15, -0.1) is 5.10 Å². The van der Waals surface area contributed by atoms with Gasteiger partial charge in [-0.1, -0.05) is 12.1 Å². The van der Waals surface area contributed by atoms with Gasteiger partial charge in [0, 0.05) is 24.8 Å². The van der Waals surface area contributed by atoms with Crippen LogP contribution < -0.4 is 14.8 Å². The largest absolute Gasteiger partial charge is 0.497 e. The highest BCUT2D eigenvalue weighted by molar-refractivity contribution is 5.91. The van der Waals surface area contributed by atoms with Crippen molar-refractivity contribution in [2.24, 2.45) is 0 Å². The zero-order valence-electron chi connectivity index (χ0n) is 19.4. The number of hydrogen-bond acceptors (Lipinski definition) is 6. The molecular formula is C26H25FN4O4. The minimum atomic E-state index is -0.341. The van der Waals surface area contributed by atoms with Gasteiger partial charge in [0.2, 0.25) is 5.91 Å². The number of carbonyl (C=O) groups is 1. The number of benzene rings is 3. The third kappa shape index (κ3) is 6.21. The lowest BCUT2D eigenvalue weighted by Crippen LogP contribution is -2.17. The Morgan fingerprint density at radius 1 is 0.971 bits per heavy atom. The molecule has 0 bridgehead atoms. The third-order valence-electron chi connectivity index (χ3n) is 5.14. The quantitative estimate of drug-likeness (QED) is 0.368. The maximum absolute atomic E-state index is 13.5. The molecule has 180 valence electrons. The molecule has 0 atom stereocenters. The fourth-order valence-corrected chi connectivity index (χ4v) is 3.39. The third-order valence-corrected chi connectivity index (χ3v) is 5.14. The van der Waals surface area contributed by atoms with E-state index in [1.807, 2.05) is 24.3 Å². The Hall–Kier alpha value is -4.24. The zero-order chi connectivity index (χ0) is 24.6. The number of carbonyl (C=O) groups excluding carboxylic acids is 1. The molecule has 4 aromatic rings. The number of rotatable bonds is 10. The molecule has 0 aliphatic heterocycles. The molecule has 0 aliphatic carbocycles. The van der Waals surface area contributed by atoms with E-state index in [0.717, 1.165) is 11.3 Å². The Kier molecular flexibility index (Phi) is 7.69. The van der Waals surface area contributed by atoms with Crippen LogP contribution in [0.1, 0.15) is 5.56 Å². The van der Waals surface area contributed by atoms with Crippen molar-refractivity contribution in [3.05, 3.63) is 84.2 Å². The van der Waals surface area contributed by atoms with E-state index >= 15 is 0 Å². The average molecular weight is 477 g/mol. The molecule has 1 N–H and O–H groups in total. The van der Waals surface area contributed by atoms with Crippen LogP contribution in [-0.4, -0.2) is 48.1 Å². The van der Waals surface area contributed by atoms with Crippen molar-refractivity contribution in [2.45, 2.75) is 6.42 Å². The molecule has 9 heteroatoms. The van der Waals surface area contributed by atoms with Crippen LogP contribution >= 0.6 is 0 Å². The van der Waals surface area contributed by atoms with Crippen LogP contribution in [0.4, 0.5) is 10.1 Å². The summed E-state index contributed by atoms with van der Waals surface area (Å²) in [6, 6.07) is 21.1. The highest BCUT2D eigenvalue weighted by atomic mass is 19.1. The molecule has 0 spiro atoms. The summed E-state index contributed by atoms with van der Waals surface area (Å²) in [7, 11) is 3.09. The van der Waals surface area contributed by atoms with Crippen molar-refractivity contribution in [2.75, 3.05) is 32.8 Å². The van der Waals surface area contributed by atoms with Crippen molar-refractivity contribution in [3.63, 3.8) is 0 Å². The van der Waals surface area contributed by atoms with E-state index in [1.165, 1.54) is 19.2 Å². The second kappa shape index (κ2) is 11.3. The maximum Gasteiger partial charge on any atom is 0.336 e. The topological polar surface area (TPSA) is 87.5 Å². The predicted octanol–water partition coefficient (Wildman–Crippen LogP) is 4.29. The summed E-state index contributed by atoms with van der Waals surface area (Å²) in [4.78, 5) is 16.3. The lowest BCUT2D eigenvalue weighted by molar-refractivity contribution is -0.119. The summed E-state index contributed by atoms with van der Waals surface area (Å²) in [6.07, 6.45) is 0.667. The van der Waals surface area contributed by atoms with Gasteiger partial charge in [0.1, 0.15) is 18.2 Å². The van der Waals surface area contributed by atoms with E-state index in [4.69, 9.17) is 14.2 Å². The Morgan fingerprint density at radius 2 is 1.69 bits per heavy atom. The number of anilines is 1. The average Bonchev–Trinajstić information content (AvgIpc) is 3.29. The standard InChI is InChI=1S/C26H25FN4O4/c1-33-17-24(32)28-21-9-11-22(12-10-21)31-25(19-5-7-20(27)8-6-19)29-26(30-31)35-16-15-18-3-13-23(34-2)14-4-18/h3-14H,15-17H2,1-2H3,(H,28,32). The highest BCUT2D eigenvalue weighted by Gasteiger charge is 2.15. The predicted molar refractivity (Wildman–Crippen MR) is 129 cm³/mol. The van der Waals surface area contributed by atoms with Crippen LogP contribution in [0.2, 0.25) is 0 Å². The van der Waals surface area contributed by atoms with Crippen molar-refractivity contribution in [1.82, 2.24) is 14.8 Å². The van der Waals surface area contributed by atoms with Gasteiger partial charge in [-0.2, -0.15) is 4.98 Å². The number of nitrogens with one attached hydrogen (secondary N) is 1. The molecule has 3 aromatic carbocycles. The second-order valence-electron chi connectivity index (χ2n) is 7.61. The number of halogens is 1. The molecule has 35 heavy (non-hydrogen) atoms. The summed E-state index contributed by atoms with van der Waals surface area (Å²) in [5.41, 5.74) is 3.10. The molecule has 4 rings (SSSR count). The van der Waals surface area contributed by atoms with Gasteiger partial charge < -0.3 is 19.5 Å². The molecule has 0 aliphatic rings. The number of hydrogen-bond donors (Lipinski definition) is 1. The fourth-order valence-electron chi connectivity index (χ4n) is 3.39. The molecular weight excluding hydrogens is 451 g/mol. The van der Waals surface area contributed by atoms with Crippen LogP contribution in [0, 0.1) is 5.82 Å². The van der Waals surface area contributed by atoms with Gasteiger partial charge in [-0.3, -0.25) is 4.79 Å². The van der Waals surface area contributed by atoms with E-state index in [2.05, 4.69) is 15.4 Å². The molecule has 0 fully saturated rings. The summed E-state index contributed by atoms with van der Waals surface area (Å²) >= 11 is 0. The van der Waals surface area contributed by atoms with E-state index in [1.54, 1.807) is 48.2 Å². The van der Waals surface area contributed by atoms with Crippen molar-refractivity contribution < 1.29 is 23.4 Å². The van der Waals surface area contributed by atoms with Gasteiger partial charge in [0.25, 0.3) is 0 Å². The van der Waals surface area contributed by atoms with Crippen LogP contribution in [0.5, 0.6) is 11.8 Å². The number of nitrogens with zero attached hydrogens (tertiary/aromatic N) is 3. The molecule has 0 unspecified atom stereocenters. The zero-order valence-corrected chi connectivity index (χ0v) is 19.4. The molecule has 0 saturated carbocycles. The molecule has 1 heterocycles. The first-order valence-corrected chi connectivity index (χ1v) is 10.9. The van der Waals surface area contributed by atoms with Crippen LogP contribution in [-0.2, 0) is 16.0 Å². The highest BCUT2D eigenvalue weighted by Crippen LogP contribution is 2.25. The Labute approximate surface area is 202 Å². The number of methoxy groups -OCH3 is 2. The van der Waals surface area contributed by atoms with E-state index in [9.17, 15) is 9.18 Å². The Bertz CT molecular complexity index is 1260. The van der Waals surface area contributed by atoms with E-state index in [0.29, 0.717) is 35.8 Å². The van der Waals surface area contributed by atoms with Gasteiger partial charge in [-0.05, 0) is 66.2 Å². The van der Waals surface area contributed by atoms with E-state index in [-0.39, 0.29) is 24.3 Å². The monoisotopic (exact) mass is 476 g/mol. The summed E-state index contributed by atoms with van der Waals surface area (Å²) in [5, 5.41) is 7.27.